The number of nitriles is 1. The number of ether oxygens (including phenoxy) is 1. The van der Waals surface area contributed by atoms with Gasteiger partial charge in [-0.1, -0.05) is 39.3 Å². The molecular formula is C18H26N2O. The quantitative estimate of drug-likeness (QED) is 0.888. The van der Waals surface area contributed by atoms with Gasteiger partial charge >= 0.3 is 0 Å². The summed E-state index contributed by atoms with van der Waals surface area (Å²) in [5, 5.41) is 13.5. The van der Waals surface area contributed by atoms with E-state index in [4.69, 9.17) is 4.74 Å². The van der Waals surface area contributed by atoms with E-state index < -0.39 is 5.54 Å². The predicted molar refractivity (Wildman–Crippen MR) is 86.3 cm³/mol. The van der Waals surface area contributed by atoms with Crippen molar-refractivity contribution in [3.63, 3.8) is 0 Å². The Kier molecular flexibility index (Phi) is 4.77. The third-order valence-corrected chi connectivity index (χ3v) is 4.74. The maximum atomic E-state index is 9.95. The number of hydrogen-bond donors (Lipinski definition) is 1. The molecule has 1 aromatic rings. The summed E-state index contributed by atoms with van der Waals surface area (Å²) >= 11 is 0. The van der Waals surface area contributed by atoms with Crippen molar-refractivity contribution in [2.75, 3.05) is 12.4 Å². The largest absolute Gasteiger partial charge is 0.495 e. The zero-order chi connectivity index (χ0) is 15.5. The van der Waals surface area contributed by atoms with E-state index in [1.807, 2.05) is 24.3 Å². The minimum atomic E-state index is -0.500. The van der Waals surface area contributed by atoms with Crippen molar-refractivity contribution in [3.05, 3.63) is 24.3 Å². The molecule has 0 aromatic heterocycles. The van der Waals surface area contributed by atoms with Gasteiger partial charge in [-0.15, -0.1) is 0 Å². The molecule has 1 saturated carbocycles. The normalized spacial score (nSPS) is 29.0. The number of nitrogens with zero attached hydrogens (tertiary/aromatic N) is 1. The number of nitrogens with one attached hydrogen (secondary N) is 1. The highest BCUT2D eigenvalue weighted by atomic mass is 16.5. The Morgan fingerprint density at radius 3 is 2.67 bits per heavy atom. The monoisotopic (exact) mass is 286 g/mol. The second-order valence-corrected chi connectivity index (χ2v) is 6.65. The predicted octanol–water partition coefficient (Wildman–Crippen LogP) is 4.46. The van der Waals surface area contributed by atoms with Crippen LogP contribution in [0.4, 0.5) is 5.69 Å². The van der Waals surface area contributed by atoms with E-state index in [9.17, 15) is 5.26 Å². The molecule has 1 aliphatic rings. The molecule has 1 N–H and O–H groups in total. The van der Waals surface area contributed by atoms with E-state index >= 15 is 0 Å². The molecule has 1 aliphatic carbocycles. The van der Waals surface area contributed by atoms with Gasteiger partial charge in [-0.3, -0.25) is 0 Å². The molecule has 0 saturated heterocycles. The second kappa shape index (κ2) is 6.39. The lowest BCUT2D eigenvalue weighted by Crippen LogP contribution is -2.50. The van der Waals surface area contributed by atoms with Crippen LogP contribution in [-0.2, 0) is 0 Å². The molecule has 1 fully saturated rings. The third kappa shape index (κ3) is 3.15. The first-order valence-electron chi connectivity index (χ1n) is 7.85. The van der Waals surface area contributed by atoms with Crippen LogP contribution in [0, 0.1) is 29.1 Å². The first-order valence-corrected chi connectivity index (χ1v) is 7.85. The van der Waals surface area contributed by atoms with Crippen LogP contribution >= 0.6 is 0 Å². The van der Waals surface area contributed by atoms with Crippen LogP contribution in [0.25, 0.3) is 0 Å². The van der Waals surface area contributed by atoms with Crippen LogP contribution in [0.2, 0.25) is 0 Å². The van der Waals surface area contributed by atoms with Gasteiger partial charge in [-0.25, -0.2) is 0 Å². The van der Waals surface area contributed by atoms with Crippen molar-refractivity contribution in [1.29, 1.82) is 5.26 Å². The SMILES string of the molecule is COc1ccccc1NC1(C#N)CC(C)CCC1C(C)C. The lowest BCUT2D eigenvalue weighted by atomic mass is 9.65. The first-order chi connectivity index (χ1) is 10.0. The number of para-hydroxylation sites is 2. The highest BCUT2D eigenvalue weighted by Crippen LogP contribution is 2.43. The van der Waals surface area contributed by atoms with E-state index in [1.54, 1.807) is 7.11 Å². The van der Waals surface area contributed by atoms with Crippen molar-refractivity contribution < 1.29 is 4.74 Å². The molecule has 0 radical (unpaired) electrons. The molecule has 0 spiro atoms. The molecule has 1 aromatic carbocycles. The summed E-state index contributed by atoms with van der Waals surface area (Å²) in [4.78, 5) is 0. The van der Waals surface area contributed by atoms with Crippen molar-refractivity contribution in [2.45, 2.75) is 45.6 Å². The van der Waals surface area contributed by atoms with E-state index in [0.29, 0.717) is 17.8 Å². The maximum Gasteiger partial charge on any atom is 0.141 e. The van der Waals surface area contributed by atoms with Crippen molar-refractivity contribution in [3.8, 4) is 11.8 Å². The highest BCUT2D eigenvalue weighted by Gasteiger charge is 2.45. The summed E-state index contributed by atoms with van der Waals surface area (Å²) in [5.74, 6) is 2.22. The Labute approximate surface area is 128 Å². The third-order valence-electron chi connectivity index (χ3n) is 4.74. The van der Waals surface area contributed by atoms with Gasteiger partial charge in [0, 0.05) is 0 Å². The van der Waals surface area contributed by atoms with Crippen molar-refractivity contribution >= 4 is 5.69 Å². The van der Waals surface area contributed by atoms with Gasteiger partial charge in [0.05, 0.1) is 18.9 Å². The average Bonchev–Trinajstić information content (AvgIpc) is 2.47. The van der Waals surface area contributed by atoms with E-state index in [0.717, 1.165) is 24.3 Å². The minimum absolute atomic E-state index is 0.364. The van der Waals surface area contributed by atoms with Crippen molar-refractivity contribution in [1.82, 2.24) is 0 Å². The highest BCUT2D eigenvalue weighted by molar-refractivity contribution is 5.59. The summed E-state index contributed by atoms with van der Waals surface area (Å²) in [7, 11) is 1.67. The maximum absolute atomic E-state index is 9.95. The van der Waals surface area contributed by atoms with E-state index in [1.165, 1.54) is 6.42 Å². The molecule has 0 heterocycles. The van der Waals surface area contributed by atoms with Crippen LogP contribution in [0.15, 0.2) is 24.3 Å². The summed E-state index contributed by atoms with van der Waals surface area (Å²) in [6, 6.07) is 10.5. The van der Waals surface area contributed by atoms with Gasteiger partial charge in [0.2, 0.25) is 0 Å². The Morgan fingerprint density at radius 1 is 1.33 bits per heavy atom. The smallest absolute Gasteiger partial charge is 0.141 e. The second-order valence-electron chi connectivity index (χ2n) is 6.65. The fraction of sp³-hybridized carbons (Fsp3) is 0.611. The van der Waals surface area contributed by atoms with Crippen LogP contribution in [0.3, 0.4) is 0 Å². The number of rotatable bonds is 4. The molecule has 2 rings (SSSR count). The summed E-state index contributed by atoms with van der Waals surface area (Å²) < 4.78 is 5.43. The number of methoxy groups -OCH3 is 1. The van der Waals surface area contributed by atoms with E-state index in [-0.39, 0.29) is 0 Å². The number of benzene rings is 1. The van der Waals surface area contributed by atoms with Gasteiger partial charge in [-0.05, 0) is 42.7 Å². The molecule has 114 valence electrons. The molecule has 21 heavy (non-hydrogen) atoms. The molecule has 3 nitrogen and oxygen atoms in total. The van der Waals surface area contributed by atoms with Crippen LogP contribution in [-0.4, -0.2) is 12.6 Å². The van der Waals surface area contributed by atoms with Gasteiger partial charge < -0.3 is 10.1 Å². The van der Waals surface area contributed by atoms with Crippen LogP contribution in [0.5, 0.6) is 5.75 Å². The Balaban J connectivity index is 2.36. The standard InChI is InChI=1S/C18H26N2O/c1-13(2)15-10-9-14(3)11-18(15,12-19)20-16-7-5-6-8-17(16)21-4/h5-8,13-15,20H,9-11H2,1-4H3. The van der Waals surface area contributed by atoms with Gasteiger partial charge in [-0.2, -0.15) is 5.26 Å². The molecule has 3 atom stereocenters. The summed E-state index contributed by atoms with van der Waals surface area (Å²) in [6.07, 6.45) is 3.21. The van der Waals surface area contributed by atoms with Gasteiger partial charge in [0.25, 0.3) is 0 Å². The zero-order valence-electron chi connectivity index (χ0n) is 13.5. The number of anilines is 1. The van der Waals surface area contributed by atoms with E-state index in [2.05, 4.69) is 32.2 Å². The zero-order valence-corrected chi connectivity index (χ0v) is 13.5. The lowest BCUT2D eigenvalue weighted by Gasteiger charge is -2.44. The van der Waals surface area contributed by atoms with Crippen LogP contribution < -0.4 is 10.1 Å². The van der Waals surface area contributed by atoms with Crippen molar-refractivity contribution in [2.24, 2.45) is 17.8 Å². The average molecular weight is 286 g/mol. The molecule has 3 unspecified atom stereocenters. The molecular weight excluding hydrogens is 260 g/mol. The van der Waals surface area contributed by atoms with Crippen LogP contribution in [0.1, 0.15) is 40.0 Å². The fourth-order valence-electron chi connectivity index (χ4n) is 3.70. The molecule has 0 amide bonds. The topological polar surface area (TPSA) is 45.0 Å². The Bertz CT molecular complexity index is 520. The Morgan fingerprint density at radius 2 is 2.05 bits per heavy atom. The van der Waals surface area contributed by atoms with Gasteiger partial charge in [0.1, 0.15) is 11.3 Å². The van der Waals surface area contributed by atoms with Gasteiger partial charge in [0.15, 0.2) is 0 Å². The fourth-order valence-corrected chi connectivity index (χ4v) is 3.70. The lowest BCUT2D eigenvalue weighted by molar-refractivity contribution is 0.167. The molecule has 3 heteroatoms. The number of hydrogen-bond acceptors (Lipinski definition) is 3. The molecule has 0 bridgehead atoms. The molecule has 0 aliphatic heterocycles. The minimum Gasteiger partial charge on any atom is -0.495 e. The summed E-state index contributed by atoms with van der Waals surface area (Å²) in [5.41, 5.74) is 0.418. The first kappa shape index (κ1) is 15.7. The Hall–Kier alpha value is -1.69. The summed E-state index contributed by atoms with van der Waals surface area (Å²) in [6.45, 7) is 6.68.